The van der Waals surface area contributed by atoms with Crippen molar-refractivity contribution in [2.24, 2.45) is 0 Å². The lowest BCUT2D eigenvalue weighted by molar-refractivity contribution is 0.276. The maximum Gasteiger partial charge on any atom is 0.192 e. The summed E-state index contributed by atoms with van der Waals surface area (Å²) >= 11 is 0. The first-order chi connectivity index (χ1) is 7.76. The Balaban J connectivity index is 2.61. The van der Waals surface area contributed by atoms with Gasteiger partial charge in [0, 0.05) is 0 Å². The van der Waals surface area contributed by atoms with Gasteiger partial charge in [0.2, 0.25) is 0 Å². The predicted octanol–water partition coefficient (Wildman–Crippen LogP) is 4.77. The van der Waals surface area contributed by atoms with Gasteiger partial charge in [-0.3, -0.25) is 0 Å². The molecule has 0 bridgehead atoms. The van der Waals surface area contributed by atoms with Crippen LogP contribution in [0, 0.1) is 0 Å². The molecule has 0 saturated carbocycles. The van der Waals surface area contributed by atoms with E-state index in [1.165, 1.54) is 11.1 Å². The van der Waals surface area contributed by atoms with Crippen molar-refractivity contribution in [3.63, 3.8) is 0 Å². The Morgan fingerprint density at radius 1 is 1.00 bits per heavy atom. The van der Waals surface area contributed by atoms with Crippen LogP contribution in [0.5, 0.6) is 0 Å². The Morgan fingerprint density at radius 2 is 1.47 bits per heavy atom. The number of hydrogen-bond donors (Lipinski definition) is 0. The monoisotopic (exact) mass is 250 g/mol. The van der Waals surface area contributed by atoms with Gasteiger partial charge in [-0.05, 0) is 35.7 Å². The summed E-state index contributed by atoms with van der Waals surface area (Å²) in [6.45, 7) is 14.4. The van der Waals surface area contributed by atoms with Crippen molar-refractivity contribution in [2.45, 2.75) is 58.9 Å². The van der Waals surface area contributed by atoms with Crippen LogP contribution >= 0.6 is 0 Å². The average Bonchev–Trinajstić information content (AvgIpc) is 2.25. The van der Waals surface area contributed by atoms with E-state index in [0.717, 1.165) is 13.0 Å². The van der Waals surface area contributed by atoms with Gasteiger partial charge in [-0.25, -0.2) is 0 Å². The maximum atomic E-state index is 6.19. The second-order valence-electron chi connectivity index (χ2n) is 6.22. The minimum Gasteiger partial charge on any atom is -0.413 e. The van der Waals surface area contributed by atoms with Crippen molar-refractivity contribution in [3.8, 4) is 0 Å². The van der Waals surface area contributed by atoms with Gasteiger partial charge < -0.3 is 4.43 Å². The van der Waals surface area contributed by atoms with E-state index in [2.05, 4.69) is 65.1 Å². The summed E-state index contributed by atoms with van der Waals surface area (Å²) < 4.78 is 6.19. The molecule has 1 aromatic rings. The molecule has 0 fully saturated rings. The average molecular weight is 250 g/mol. The third kappa shape index (κ3) is 3.97. The lowest BCUT2D eigenvalue weighted by Crippen LogP contribution is -2.40. The van der Waals surface area contributed by atoms with E-state index >= 15 is 0 Å². The Bertz CT molecular complexity index is 346. The third-order valence-corrected chi connectivity index (χ3v) is 8.32. The minimum absolute atomic E-state index is 0.288. The van der Waals surface area contributed by atoms with E-state index in [4.69, 9.17) is 4.43 Å². The van der Waals surface area contributed by atoms with Crippen LogP contribution in [-0.4, -0.2) is 8.32 Å². The van der Waals surface area contributed by atoms with Crippen molar-refractivity contribution in [2.75, 3.05) is 0 Å². The van der Waals surface area contributed by atoms with Crippen molar-refractivity contribution in [3.05, 3.63) is 35.4 Å². The quantitative estimate of drug-likeness (QED) is 0.699. The molecular weight excluding hydrogens is 224 g/mol. The normalized spacial score (nSPS) is 12.8. The van der Waals surface area contributed by atoms with Crippen molar-refractivity contribution < 1.29 is 4.43 Å². The molecule has 1 rings (SSSR count). The molecule has 96 valence electrons. The summed E-state index contributed by atoms with van der Waals surface area (Å²) in [7, 11) is -1.61. The van der Waals surface area contributed by atoms with Crippen molar-refractivity contribution in [1.82, 2.24) is 0 Å². The summed E-state index contributed by atoms with van der Waals surface area (Å²) in [6.07, 6.45) is 1.10. The van der Waals surface area contributed by atoms with Crippen molar-refractivity contribution >= 4 is 8.32 Å². The first-order valence-corrected chi connectivity index (χ1v) is 9.39. The molecule has 0 atom stereocenters. The molecule has 0 unspecified atom stereocenters. The van der Waals surface area contributed by atoms with Crippen LogP contribution in [0.25, 0.3) is 0 Å². The van der Waals surface area contributed by atoms with Gasteiger partial charge in [-0.2, -0.15) is 0 Å². The zero-order chi connectivity index (χ0) is 13.1. The molecule has 17 heavy (non-hydrogen) atoms. The van der Waals surface area contributed by atoms with Crippen LogP contribution in [0.4, 0.5) is 0 Å². The van der Waals surface area contributed by atoms with Crippen LogP contribution < -0.4 is 0 Å². The van der Waals surface area contributed by atoms with Gasteiger partial charge in [0.1, 0.15) is 0 Å². The lowest BCUT2D eigenvalue weighted by atomic mass is 10.1. The lowest BCUT2D eigenvalue weighted by Gasteiger charge is -2.36. The molecule has 1 nitrogen and oxygen atoms in total. The van der Waals surface area contributed by atoms with Crippen LogP contribution in [0.2, 0.25) is 18.1 Å². The van der Waals surface area contributed by atoms with Crippen LogP contribution in [0.1, 0.15) is 38.8 Å². The molecular formula is C15H26OSi. The third-order valence-electron chi connectivity index (χ3n) is 3.84. The van der Waals surface area contributed by atoms with Gasteiger partial charge in [0.15, 0.2) is 8.32 Å². The molecule has 0 N–H and O–H groups in total. The molecule has 0 spiro atoms. The highest BCUT2D eigenvalue weighted by Crippen LogP contribution is 2.37. The molecule has 0 aromatic heterocycles. The van der Waals surface area contributed by atoms with Crippen LogP contribution in [-0.2, 0) is 17.5 Å². The van der Waals surface area contributed by atoms with Gasteiger partial charge in [-0.1, -0.05) is 52.0 Å². The molecule has 0 aliphatic rings. The summed E-state index contributed by atoms with van der Waals surface area (Å²) in [5.41, 5.74) is 2.67. The minimum atomic E-state index is -1.61. The Kier molecular flexibility index (Phi) is 4.56. The standard InChI is InChI=1S/C15H26OSi/c1-7-13-8-10-14(11-9-13)12-16-17(5,6)15(2,3)4/h8-11H,7,12H2,1-6H3. The van der Waals surface area contributed by atoms with Gasteiger partial charge >= 0.3 is 0 Å². The predicted molar refractivity (Wildman–Crippen MR) is 77.8 cm³/mol. The highest BCUT2D eigenvalue weighted by molar-refractivity contribution is 6.74. The second kappa shape index (κ2) is 5.36. The molecule has 0 aliphatic carbocycles. The SMILES string of the molecule is CCc1ccc(CO[Si](C)(C)C(C)(C)C)cc1. The first-order valence-electron chi connectivity index (χ1n) is 6.48. The van der Waals surface area contributed by atoms with E-state index < -0.39 is 8.32 Å². The van der Waals surface area contributed by atoms with E-state index in [1.807, 2.05) is 0 Å². The zero-order valence-corrected chi connectivity index (χ0v) is 13.1. The summed E-state index contributed by atoms with van der Waals surface area (Å²) in [5, 5.41) is 0.288. The topological polar surface area (TPSA) is 9.23 Å². The number of hydrogen-bond acceptors (Lipinski definition) is 1. The number of aryl methyl sites for hydroxylation is 1. The molecule has 0 amide bonds. The van der Waals surface area contributed by atoms with E-state index in [9.17, 15) is 0 Å². The van der Waals surface area contributed by atoms with Crippen LogP contribution in [0.3, 0.4) is 0 Å². The Labute approximate surface area is 107 Å². The number of rotatable bonds is 4. The van der Waals surface area contributed by atoms with Crippen molar-refractivity contribution in [1.29, 1.82) is 0 Å². The fourth-order valence-corrected chi connectivity index (χ4v) is 2.31. The maximum absolute atomic E-state index is 6.19. The molecule has 0 heterocycles. The summed E-state index contributed by atoms with van der Waals surface area (Å²) in [6, 6.07) is 8.77. The highest BCUT2D eigenvalue weighted by atomic mass is 28.4. The molecule has 0 saturated heterocycles. The molecule has 2 heteroatoms. The van der Waals surface area contributed by atoms with Gasteiger partial charge in [0.25, 0.3) is 0 Å². The molecule has 0 radical (unpaired) electrons. The second-order valence-corrected chi connectivity index (χ2v) is 11.0. The van der Waals surface area contributed by atoms with Gasteiger partial charge in [-0.15, -0.1) is 0 Å². The Hall–Kier alpha value is -0.603. The summed E-state index contributed by atoms with van der Waals surface area (Å²) in [5.74, 6) is 0. The smallest absolute Gasteiger partial charge is 0.192 e. The first kappa shape index (κ1) is 14.5. The fraction of sp³-hybridized carbons (Fsp3) is 0.600. The largest absolute Gasteiger partial charge is 0.413 e. The zero-order valence-electron chi connectivity index (χ0n) is 12.1. The highest BCUT2D eigenvalue weighted by Gasteiger charge is 2.36. The van der Waals surface area contributed by atoms with E-state index in [0.29, 0.717) is 0 Å². The van der Waals surface area contributed by atoms with E-state index in [1.54, 1.807) is 0 Å². The number of benzene rings is 1. The summed E-state index contributed by atoms with van der Waals surface area (Å²) in [4.78, 5) is 0. The molecule has 0 aliphatic heterocycles. The van der Waals surface area contributed by atoms with Gasteiger partial charge in [0.05, 0.1) is 6.61 Å². The Morgan fingerprint density at radius 3 is 1.88 bits per heavy atom. The van der Waals surface area contributed by atoms with E-state index in [-0.39, 0.29) is 5.04 Å². The van der Waals surface area contributed by atoms with Crippen LogP contribution in [0.15, 0.2) is 24.3 Å². The molecule has 1 aromatic carbocycles. The fourth-order valence-electron chi connectivity index (χ4n) is 1.35.